The summed E-state index contributed by atoms with van der Waals surface area (Å²) in [6, 6.07) is 20.3. The molecule has 2 aliphatic rings. The van der Waals surface area contributed by atoms with E-state index in [0.717, 1.165) is 35.5 Å². The molecule has 2 aromatic carbocycles. The fourth-order valence-corrected chi connectivity index (χ4v) is 6.56. The van der Waals surface area contributed by atoms with Gasteiger partial charge in [-0.3, -0.25) is 0 Å². The molecule has 4 nitrogen and oxygen atoms in total. The van der Waals surface area contributed by atoms with Gasteiger partial charge in [-0.15, -0.1) is 23.5 Å². The molecule has 0 amide bonds. The quantitative estimate of drug-likeness (QED) is 0.415. The lowest BCUT2D eigenvalue weighted by Gasteiger charge is -2.48. The third kappa shape index (κ3) is 5.86. The van der Waals surface area contributed by atoms with Crippen LogP contribution in [0.3, 0.4) is 0 Å². The van der Waals surface area contributed by atoms with Crippen molar-refractivity contribution < 1.29 is 18.9 Å². The van der Waals surface area contributed by atoms with Crippen LogP contribution in [-0.2, 0) is 18.9 Å². The van der Waals surface area contributed by atoms with Crippen molar-refractivity contribution in [3.8, 4) is 0 Å². The highest BCUT2D eigenvalue weighted by molar-refractivity contribution is 8.17. The molecule has 2 saturated heterocycles. The molecule has 168 valence electrons. The van der Waals surface area contributed by atoms with Crippen molar-refractivity contribution >= 4 is 23.5 Å². The molecular formula is C25H32O4S2. The highest BCUT2D eigenvalue weighted by Crippen LogP contribution is 2.43. The minimum Gasteiger partial charge on any atom is -0.346 e. The van der Waals surface area contributed by atoms with Crippen LogP contribution >= 0.6 is 23.5 Å². The van der Waals surface area contributed by atoms with E-state index in [-0.39, 0.29) is 22.9 Å². The summed E-state index contributed by atoms with van der Waals surface area (Å²) in [6.45, 7) is 4.95. The van der Waals surface area contributed by atoms with Crippen LogP contribution in [0.25, 0.3) is 0 Å². The van der Waals surface area contributed by atoms with Crippen LogP contribution in [0.2, 0.25) is 0 Å². The topological polar surface area (TPSA) is 36.9 Å². The lowest BCUT2D eigenvalue weighted by atomic mass is 10.0. The normalized spacial score (nSPS) is 28.4. The minimum atomic E-state index is -0.403. The van der Waals surface area contributed by atoms with Gasteiger partial charge in [-0.25, -0.2) is 0 Å². The molecule has 4 rings (SSSR count). The molecule has 2 aliphatic heterocycles. The van der Waals surface area contributed by atoms with E-state index < -0.39 is 12.6 Å². The van der Waals surface area contributed by atoms with Crippen molar-refractivity contribution in [2.24, 2.45) is 0 Å². The van der Waals surface area contributed by atoms with Crippen LogP contribution in [0, 0.1) is 0 Å². The number of benzene rings is 2. The van der Waals surface area contributed by atoms with Gasteiger partial charge in [-0.05, 0) is 24.3 Å². The Hall–Kier alpha value is -1.02. The van der Waals surface area contributed by atoms with Gasteiger partial charge in [0.15, 0.2) is 12.6 Å². The zero-order valence-corrected chi connectivity index (χ0v) is 19.9. The standard InChI is InChI=1S/C25H32O4S2/c1-3-15-30-25(31-16-4-2)22-21-20(27-24(29-22)19-13-9-6-10-14-19)17-26-23(28-21)18-11-7-5-8-12-18/h5-14,20-25H,3-4,15-17H2,1-2H3/t20-,21+,22+,23+,24+/m1/s1. The van der Waals surface area contributed by atoms with E-state index >= 15 is 0 Å². The largest absolute Gasteiger partial charge is 0.346 e. The van der Waals surface area contributed by atoms with Crippen LogP contribution in [0.15, 0.2) is 60.7 Å². The summed E-state index contributed by atoms with van der Waals surface area (Å²) in [6.07, 6.45) is 1.09. The predicted octanol–water partition coefficient (Wildman–Crippen LogP) is 6.20. The van der Waals surface area contributed by atoms with Gasteiger partial charge in [0.1, 0.15) is 18.3 Å². The molecule has 0 aliphatic carbocycles. The van der Waals surface area contributed by atoms with Gasteiger partial charge in [-0.1, -0.05) is 74.5 Å². The number of fused-ring (bicyclic) bond motifs is 1. The first-order valence-corrected chi connectivity index (χ1v) is 13.3. The maximum Gasteiger partial charge on any atom is 0.184 e. The number of hydrogen-bond donors (Lipinski definition) is 0. The van der Waals surface area contributed by atoms with Gasteiger partial charge in [0.05, 0.1) is 11.2 Å². The molecule has 6 heteroatoms. The molecule has 0 aromatic heterocycles. The van der Waals surface area contributed by atoms with Gasteiger partial charge >= 0.3 is 0 Å². The Morgan fingerprint density at radius 1 is 0.774 bits per heavy atom. The van der Waals surface area contributed by atoms with Crippen LogP contribution < -0.4 is 0 Å². The first-order valence-electron chi connectivity index (χ1n) is 11.2. The summed E-state index contributed by atoms with van der Waals surface area (Å²) in [5, 5.41) is 0. The van der Waals surface area contributed by atoms with Crippen LogP contribution in [-0.4, -0.2) is 41.0 Å². The number of thioether (sulfide) groups is 2. The Morgan fingerprint density at radius 2 is 1.35 bits per heavy atom. The smallest absolute Gasteiger partial charge is 0.184 e. The molecule has 2 heterocycles. The third-order valence-corrected chi connectivity index (χ3v) is 8.64. The van der Waals surface area contributed by atoms with E-state index in [0.29, 0.717) is 6.61 Å². The first-order chi connectivity index (χ1) is 15.3. The summed E-state index contributed by atoms with van der Waals surface area (Å²) < 4.78 is 25.9. The highest BCUT2D eigenvalue weighted by Gasteiger charge is 2.48. The van der Waals surface area contributed by atoms with E-state index in [4.69, 9.17) is 18.9 Å². The lowest BCUT2D eigenvalue weighted by Crippen LogP contribution is -2.56. The van der Waals surface area contributed by atoms with Gasteiger partial charge in [0, 0.05) is 11.1 Å². The molecule has 0 unspecified atom stereocenters. The second kappa shape index (κ2) is 11.7. The average Bonchev–Trinajstić information content (AvgIpc) is 2.84. The SMILES string of the molecule is CCCSC(SCCC)[C@H]1O[C@@H](c2ccccc2)O[C@@H]2CO[C@H](c3ccccc3)O[C@H]12. The van der Waals surface area contributed by atoms with Gasteiger partial charge < -0.3 is 18.9 Å². The summed E-state index contributed by atoms with van der Waals surface area (Å²) in [5.41, 5.74) is 2.07. The molecule has 0 spiro atoms. The van der Waals surface area contributed by atoms with Crippen molar-refractivity contribution in [1.29, 1.82) is 0 Å². The fraction of sp³-hybridized carbons (Fsp3) is 0.520. The zero-order chi connectivity index (χ0) is 21.5. The predicted molar refractivity (Wildman–Crippen MR) is 128 cm³/mol. The van der Waals surface area contributed by atoms with Crippen molar-refractivity contribution in [1.82, 2.24) is 0 Å². The van der Waals surface area contributed by atoms with E-state index in [2.05, 4.69) is 26.0 Å². The van der Waals surface area contributed by atoms with Crippen molar-refractivity contribution in [3.63, 3.8) is 0 Å². The maximum atomic E-state index is 6.64. The molecular weight excluding hydrogens is 428 g/mol. The molecule has 31 heavy (non-hydrogen) atoms. The van der Waals surface area contributed by atoms with Crippen LogP contribution in [0.4, 0.5) is 0 Å². The Bertz CT molecular complexity index is 768. The fourth-order valence-electron chi connectivity index (χ4n) is 3.84. The molecule has 0 radical (unpaired) electrons. The third-order valence-electron chi connectivity index (χ3n) is 5.35. The van der Waals surface area contributed by atoms with Crippen molar-refractivity contribution in [2.45, 2.75) is 62.2 Å². The number of rotatable bonds is 9. The van der Waals surface area contributed by atoms with Crippen molar-refractivity contribution in [2.75, 3.05) is 18.1 Å². The van der Waals surface area contributed by atoms with Gasteiger partial charge in [0.25, 0.3) is 0 Å². The number of hydrogen-bond acceptors (Lipinski definition) is 6. The Balaban J connectivity index is 1.58. The van der Waals surface area contributed by atoms with E-state index in [1.165, 1.54) is 0 Å². The molecule has 2 fully saturated rings. The lowest BCUT2D eigenvalue weighted by molar-refractivity contribution is -0.361. The van der Waals surface area contributed by atoms with E-state index in [9.17, 15) is 0 Å². The van der Waals surface area contributed by atoms with Crippen LogP contribution in [0.1, 0.15) is 50.4 Å². The average molecular weight is 461 g/mol. The molecule has 0 N–H and O–H groups in total. The van der Waals surface area contributed by atoms with E-state index in [1.807, 2.05) is 72.1 Å². The van der Waals surface area contributed by atoms with Gasteiger partial charge in [-0.2, -0.15) is 0 Å². The summed E-state index contributed by atoms with van der Waals surface area (Å²) in [7, 11) is 0. The molecule has 2 aromatic rings. The second-order valence-electron chi connectivity index (χ2n) is 7.80. The zero-order valence-electron chi connectivity index (χ0n) is 18.2. The summed E-state index contributed by atoms with van der Waals surface area (Å²) in [5.74, 6) is 2.21. The monoisotopic (exact) mass is 460 g/mol. The van der Waals surface area contributed by atoms with Gasteiger partial charge in [0.2, 0.25) is 0 Å². The van der Waals surface area contributed by atoms with Crippen LogP contribution in [0.5, 0.6) is 0 Å². The Morgan fingerprint density at radius 3 is 1.94 bits per heavy atom. The Kier molecular flexibility index (Phi) is 8.76. The van der Waals surface area contributed by atoms with E-state index in [1.54, 1.807) is 0 Å². The van der Waals surface area contributed by atoms with Crippen molar-refractivity contribution in [3.05, 3.63) is 71.8 Å². The molecule has 5 atom stereocenters. The molecule has 0 saturated carbocycles. The second-order valence-corrected chi connectivity index (χ2v) is 10.6. The maximum absolute atomic E-state index is 6.64. The Labute approximate surface area is 194 Å². The first kappa shape index (κ1) is 23.1. The number of ether oxygens (including phenoxy) is 4. The highest BCUT2D eigenvalue weighted by atomic mass is 32.2. The summed E-state index contributed by atoms with van der Waals surface area (Å²) in [4.78, 5) is 0. The minimum absolute atomic E-state index is 0.0767. The summed E-state index contributed by atoms with van der Waals surface area (Å²) >= 11 is 3.96. The molecule has 0 bridgehead atoms.